The van der Waals surface area contributed by atoms with Gasteiger partial charge in [-0.15, -0.1) is 0 Å². The van der Waals surface area contributed by atoms with E-state index in [0.717, 1.165) is 23.7 Å². The van der Waals surface area contributed by atoms with Crippen LogP contribution in [0.5, 0.6) is 0 Å². The third-order valence-electron chi connectivity index (χ3n) is 7.44. The molecule has 0 radical (unpaired) electrons. The molecule has 138 valence electrons. The SMILES string of the molecule is C=C(C)C(=CC=C(C)C)C1(c2ccc(C)cc2)C2CC3CC(C2)CC1C3. The van der Waals surface area contributed by atoms with Crippen LogP contribution in [0.3, 0.4) is 0 Å². The number of benzene rings is 1. The van der Waals surface area contributed by atoms with Crippen molar-refractivity contribution in [1.82, 2.24) is 0 Å². The van der Waals surface area contributed by atoms with Gasteiger partial charge in [-0.25, -0.2) is 0 Å². The van der Waals surface area contributed by atoms with Gasteiger partial charge in [0.25, 0.3) is 0 Å². The maximum atomic E-state index is 4.46. The van der Waals surface area contributed by atoms with E-state index in [4.69, 9.17) is 0 Å². The monoisotopic (exact) mass is 346 g/mol. The molecular weight excluding hydrogens is 312 g/mol. The van der Waals surface area contributed by atoms with Gasteiger partial charge < -0.3 is 0 Å². The molecular formula is C26H34. The van der Waals surface area contributed by atoms with Gasteiger partial charge in [0.05, 0.1) is 0 Å². The Morgan fingerprint density at radius 3 is 1.88 bits per heavy atom. The van der Waals surface area contributed by atoms with Crippen LogP contribution in [-0.2, 0) is 5.41 Å². The summed E-state index contributed by atoms with van der Waals surface area (Å²) in [6.45, 7) is 13.3. The van der Waals surface area contributed by atoms with Gasteiger partial charge in [-0.05, 0) is 94.6 Å². The largest absolute Gasteiger partial charge is 0.0958 e. The molecule has 0 unspecified atom stereocenters. The van der Waals surface area contributed by atoms with Crippen molar-refractivity contribution in [3.8, 4) is 0 Å². The summed E-state index contributed by atoms with van der Waals surface area (Å²) in [5.74, 6) is 3.53. The summed E-state index contributed by atoms with van der Waals surface area (Å²) in [4.78, 5) is 0. The summed E-state index contributed by atoms with van der Waals surface area (Å²) >= 11 is 0. The molecule has 0 heterocycles. The summed E-state index contributed by atoms with van der Waals surface area (Å²) in [6.07, 6.45) is 11.9. The minimum atomic E-state index is 0.179. The van der Waals surface area contributed by atoms with Gasteiger partial charge in [0.1, 0.15) is 0 Å². The standard InChI is InChI=1S/C26H34/c1-17(2)6-11-25(18(3)4)26(22-9-7-19(5)8-10-22)23-13-20-12-21(15-23)16-24(26)14-20/h6-11,20-21,23-24H,3,12-16H2,1-2,4-5H3. The zero-order chi connectivity index (χ0) is 18.5. The van der Waals surface area contributed by atoms with Gasteiger partial charge in [0.15, 0.2) is 0 Å². The number of hydrogen-bond acceptors (Lipinski definition) is 0. The average Bonchev–Trinajstić information content (AvgIpc) is 2.57. The number of hydrogen-bond donors (Lipinski definition) is 0. The fraction of sp³-hybridized carbons (Fsp3) is 0.538. The lowest BCUT2D eigenvalue weighted by molar-refractivity contribution is -0.0427. The molecule has 1 aromatic carbocycles. The maximum Gasteiger partial charge on any atom is 0.0262 e. The lowest BCUT2D eigenvalue weighted by Gasteiger charge is -2.62. The molecule has 4 aliphatic rings. The number of allylic oxidation sites excluding steroid dienone is 5. The Labute approximate surface area is 160 Å². The van der Waals surface area contributed by atoms with Crippen molar-refractivity contribution < 1.29 is 0 Å². The molecule has 0 heteroatoms. The molecule has 0 nitrogen and oxygen atoms in total. The van der Waals surface area contributed by atoms with Crippen molar-refractivity contribution in [2.24, 2.45) is 23.7 Å². The lowest BCUT2D eigenvalue weighted by atomic mass is 9.41. The van der Waals surface area contributed by atoms with Crippen LogP contribution < -0.4 is 0 Å². The first-order valence-corrected chi connectivity index (χ1v) is 10.5. The third kappa shape index (κ3) is 2.73. The molecule has 4 saturated carbocycles. The average molecular weight is 347 g/mol. The Morgan fingerprint density at radius 1 is 0.885 bits per heavy atom. The maximum absolute atomic E-state index is 4.46. The smallest absolute Gasteiger partial charge is 0.0262 e. The molecule has 1 aromatic rings. The highest BCUT2D eigenvalue weighted by Crippen LogP contribution is 2.66. The van der Waals surface area contributed by atoms with Gasteiger partial charge in [-0.3, -0.25) is 0 Å². The van der Waals surface area contributed by atoms with E-state index in [-0.39, 0.29) is 5.41 Å². The first kappa shape index (κ1) is 17.8. The van der Waals surface area contributed by atoms with E-state index in [1.165, 1.54) is 54.4 Å². The van der Waals surface area contributed by atoms with E-state index in [0.29, 0.717) is 0 Å². The Balaban J connectivity index is 1.93. The molecule has 4 bridgehead atoms. The first-order valence-electron chi connectivity index (χ1n) is 10.5. The molecule has 4 fully saturated rings. The molecule has 5 rings (SSSR count). The second-order valence-corrected chi connectivity index (χ2v) is 9.64. The Hall–Kier alpha value is -1.56. The Kier molecular flexibility index (Phi) is 4.49. The van der Waals surface area contributed by atoms with Crippen molar-refractivity contribution in [2.45, 2.75) is 65.2 Å². The molecule has 4 aliphatic carbocycles. The molecule has 0 atom stereocenters. The fourth-order valence-electron chi connectivity index (χ4n) is 6.71. The highest BCUT2D eigenvalue weighted by Gasteiger charge is 2.59. The van der Waals surface area contributed by atoms with Crippen LogP contribution in [-0.4, -0.2) is 0 Å². The van der Waals surface area contributed by atoms with E-state index in [1.54, 1.807) is 5.56 Å². The van der Waals surface area contributed by atoms with Crippen LogP contribution in [0.4, 0.5) is 0 Å². The van der Waals surface area contributed by atoms with E-state index < -0.39 is 0 Å². The van der Waals surface area contributed by atoms with Crippen molar-refractivity contribution in [2.75, 3.05) is 0 Å². The molecule has 0 amide bonds. The summed E-state index contributed by atoms with van der Waals surface area (Å²) < 4.78 is 0. The van der Waals surface area contributed by atoms with Crippen molar-refractivity contribution in [3.05, 3.63) is 70.8 Å². The first-order chi connectivity index (χ1) is 12.4. The quantitative estimate of drug-likeness (QED) is 0.507. The fourth-order valence-corrected chi connectivity index (χ4v) is 6.71. The zero-order valence-electron chi connectivity index (χ0n) is 17.0. The molecule has 0 aliphatic heterocycles. The number of aryl methyl sites for hydroxylation is 1. The van der Waals surface area contributed by atoms with Crippen molar-refractivity contribution in [1.29, 1.82) is 0 Å². The minimum Gasteiger partial charge on any atom is -0.0958 e. The molecule has 0 spiro atoms. The van der Waals surface area contributed by atoms with Gasteiger partial charge in [-0.2, -0.15) is 0 Å². The van der Waals surface area contributed by atoms with Gasteiger partial charge in [0.2, 0.25) is 0 Å². The van der Waals surface area contributed by atoms with Crippen LogP contribution in [0.25, 0.3) is 0 Å². The summed E-state index contributed by atoms with van der Waals surface area (Å²) in [7, 11) is 0. The van der Waals surface area contributed by atoms with E-state index in [9.17, 15) is 0 Å². The third-order valence-corrected chi connectivity index (χ3v) is 7.44. The van der Waals surface area contributed by atoms with E-state index in [2.05, 4.69) is 70.7 Å². The van der Waals surface area contributed by atoms with Crippen LogP contribution in [0.2, 0.25) is 0 Å². The van der Waals surface area contributed by atoms with Crippen LogP contribution in [0, 0.1) is 30.6 Å². The van der Waals surface area contributed by atoms with E-state index >= 15 is 0 Å². The summed E-state index contributed by atoms with van der Waals surface area (Å²) in [5, 5.41) is 0. The Bertz CT molecular complexity index is 724. The van der Waals surface area contributed by atoms with Crippen molar-refractivity contribution >= 4 is 0 Å². The summed E-state index contributed by atoms with van der Waals surface area (Å²) in [5.41, 5.74) is 7.23. The topological polar surface area (TPSA) is 0 Å². The highest BCUT2D eigenvalue weighted by atomic mass is 14.6. The predicted octanol–water partition coefficient (Wildman–Crippen LogP) is 7.16. The van der Waals surface area contributed by atoms with Crippen molar-refractivity contribution in [3.63, 3.8) is 0 Å². The molecule has 0 N–H and O–H groups in total. The highest BCUT2D eigenvalue weighted by molar-refractivity contribution is 5.51. The van der Waals surface area contributed by atoms with Gasteiger partial charge >= 0.3 is 0 Å². The number of rotatable bonds is 4. The minimum absolute atomic E-state index is 0.179. The second kappa shape index (κ2) is 6.55. The van der Waals surface area contributed by atoms with Gasteiger partial charge in [0, 0.05) is 5.41 Å². The molecule has 0 aromatic heterocycles. The van der Waals surface area contributed by atoms with Crippen LogP contribution >= 0.6 is 0 Å². The van der Waals surface area contributed by atoms with Crippen LogP contribution in [0.15, 0.2) is 59.7 Å². The molecule has 26 heavy (non-hydrogen) atoms. The second-order valence-electron chi connectivity index (χ2n) is 9.64. The zero-order valence-corrected chi connectivity index (χ0v) is 17.0. The van der Waals surface area contributed by atoms with E-state index in [1.807, 2.05) is 0 Å². The van der Waals surface area contributed by atoms with Gasteiger partial charge in [-0.1, -0.05) is 59.7 Å². The summed E-state index contributed by atoms with van der Waals surface area (Å²) in [6, 6.07) is 9.49. The Morgan fingerprint density at radius 2 is 1.42 bits per heavy atom. The molecule has 0 saturated heterocycles. The predicted molar refractivity (Wildman–Crippen MR) is 112 cm³/mol. The normalized spacial score (nSPS) is 35.5. The lowest BCUT2D eigenvalue weighted by Crippen LogP contribution is -2.56. The van der Waals surface area contributed by atoms with Crippen LogP contribution in [0.1, 0.15) is 64.0 Å².